The summed E-state index contributed by atoms with van der Waals surface area (Å²) in [6.07, 6.45) is 1.78. The molecule has 2 aromatic carbocycles. The molecule has 1 amide bonds. The molecule has 1 saturated heterocycles. The maximum Gasteiger partial charge on any atom is 0.264 e. The van der Waals surface area contributed by atoms with Crippen LogP contribution in [0, 0.1) is 0 Å². The summed E-state index contributed by atoms with van der Waals surface area (Å²) < 4.78 is 44.0. The van der Waals surface area contributed by atoms with Crippen LogP contribution in [0.4, 0.5) is 5.69 Å². The molecule has 2 aromatic rings. The van der Waals surface area contributed by atoms with Crippen molar-refractivity contribution < 1.29 is 27.4 Å². The van der Waals surface area contributed by atoms with Gasteiger partial charge in [-0.1, -0.05) is 18.2 Å². The molecule has 0 aliphatic carbocycles. The van der Waals surface area contributed by atoms with Crippen molar-refractivity contribution in [3.8, 4) is 11.5 Å². The van der Waals surface area contributed by atoms with E-state index in [9.17, 15) is 13.2 Å². The first-order valence-corrected chi connectivity index (χ1v) is 11.1. The average Bonchev–Trinajstić information content (AvgIpc) is 3.30. The fraction of sp³-hybridized carbons (Fsp3) is 0.381. The van der Waals surface area contributed by atoms with Crippen molar-refractivity contribution in [2.24, 2.45) is 0 Å². The summed E-state index contributed by atoms with van der Waals surface area (Å²) in [6.45, 7) is 0.608. The van der Waals surface area contributed by atoms with E-state index < -0.39 is 22.5 Å². The van der Waals surface area contributed by atoms with Gasteiger partial charge in [0, 0.05) is 19.2 Å². The van der Waals surface area contributed by atoms with E-state index in [4.69, 9.17) is 14.2 Å². The average molecular weight is 435 g/mol. The first kappa shape index (κ1) is 21.9. The number of sulfonamides is 1. The predicted molar refractivity (Wildman–Crippen MR) is 113 cm³/mol. The van der Waals surface area contributed by atoms with E-state index in [0.717, 1.165) is 17.1 Å². The van der Waals surface area contributed by atoms with Gasteiger partial charge in [-0.2, -0.15) is 0 Å². The van der Waals surface area contributed by atoms with Crippen LogP contribution in [0.5, 0.6) is 11.5 Å². The van der Waals surface area contributed by atoms with Gasteiger partial charge in [-0.05, 0) is 37.1 Å². The predicted octanol–water partition coefficient (Wildman–Crippen LogP) is 2.19. The molecule has 1 fully saturated rings. The van der Waals surface area contributed by atoms with Crippen LogP contribution in [-0.4, -0.2) is 54.3 Å². The SMILES string of the molecule is COc1ccc(OC)c(N(CC(=O)NC[C@@H]2CCCO2)S(=O)(=O)c2ccccc2)c1. The maximum atomic E-state index is 13.4. The molecule has 0 saturated carbocycles. The van der Waals surface area contributed by atoms with Crippen LogP contribution in [0.3, 0.4) is 0 Å². The van der Waals surface area contributed by atoms with E-state index in [-0.39, 0.29) is 16.7 Å². The van der Waals surface area contributed by atoms with E-state index in [0.29, 0.717) is 24.7 Å². The number of carbonyl (C=O) groups is 1. The number of rotatable bonds is 9. The molecule has 1 aliphatic heterocycles. The van der Waals surface area contributed by atoms with Crippen LogP contribution < -0.4 is 19.1 Å². The second kappa shape index (κ2) is 9.82. The smallest absolute Gasteiger partial charge is 0.264 e. The van der Waals surface area contributed by atoms with Crippen LogP contribution >= 0.6 is 0 Å². The highest BCUT2D eigenvalue weighted by Gasteiger charge is 2.30. The number of benzene rings is 2. The van der Waals surface area contributed by atoms with Crippen LogP contribution in [0.25, 0.3) is 0 Å². The Balaban J connectivity index is 1.94. The zero-order chi connectivity index (χ0) is 21.6. The number of ether oxygens (including phenoxy) is 3. The van der Waals surface area contributed by atoms with Gasteiger partial charge >= 0.3 is 0 Å². The molecular formula is C21H26N2O6S. The Morgan fingerprint density at radius 1 is 1.17 bits per heavy atom. The van der Waals surface area contributed by atoms with Crippen molar-refractivity contribution in [3.63, 3.8) is 0 Å². The molecule has 8 nitrogen and oxygen atoms in total. The number of hydrogen-bond acceptors (Lipinski definition) is 6. The molecule has 0 spiro atoms. The highest BCUT2D eigenvalue weighted by Crippen LogP contribution is 2.35. The highest BCUT2D eigenvalue weighted by molar-refractivity contribution is 7.92. The van der Waals surface area contributed by atoms with Crippen molar-refractivity contribution >= 4 is 21.6 Å². The second-order valence-electron chi connectivity index (χ2n) is 6.80. The summed E-state index contributed by atoms with van der Waals surface area (Å²) in [7, 11) is -1.12. The number of nitrogens with zero attached hydrogens (tertiary/aromatic N) is 1. The molecule has 1 N–H and O–H groups in total. The van der Waals surface area contributed by atoms with Gasteiger partial charge in [0.05, 0.1) is 30.9 Å². The summed E-state index contributed by atoms with van der Waals surface area (Å²) in [6, 6.07) is 12.8. The van der Waals surface area contributed by atoms with Crippen LogP contribution in [0.2, 0.25) is 0 Å². The van der Waals surface area contributed by atoms with Crippen LogP contribution in [0.1, 0.15) is 12.8 Å². The van der Waals surface area contributed by atoms with Gasteiger partial charge in [0.15, 0.2) is 0 Å². The summed E-state index contributed by atoms with van der Waals surface area (Å²) in [5.74, 6) is 0.316. The maximum absolute atomic E-state index is 13.4. The van der Waals surface area contributed by atoms with Crippen molar-refractivity contribution in [2.45, 2.75) is 23.8 Å². The molecule has 0 bridgehead atoms. The number of amides is 1. The van der Waals surface area contributed by atoms with Gasteiger partial charge in [0.1, 0.15) is 18.0 Å². The number of nitrogens with one attached hydrogen (secondary N) is 1. The lowest BCUT2D eigenvalue weighted by Gasteiger charge is -2.26. The van der Waals surface area contributed by atoms with E-state index in [1.807, 2.05) is 0 Å². The quantitative estimate of drug-likeness (QED) is 0.650. The molecule has 1 heterocycles. The Labute approximate surface area is 176 Å². The minimum Gasteiger partial charge on any atom is -0.497 e. The van der Waals surface area contributed by atoms with Crippen LogP contribution in [-0.2, 0) is 19.6 Å². The normalized spacial score (nSPS) is 16.1. The van der Waals surface area contributed by atoms with Crippen molar-refractivity contribution in [2.75, 3.05) is 38.2 Å². The Morgan fingerprint density at radius 2 is 1.93 bits per heavy atom. The molecule has 162 valence electrons. The Hall–Kier alpha value is -2.78. The molecule has 0 aromatic heterocycles. The lowest BCUT2D eigenvalue weighted by atomic mass is 10.2. The zero-order valence-corrected chi connectivity index (χ0v) is 17.9. The molecule has 1 aliphatic rings. The minimum absolute atomic E-state index is 0.0421. The van der Waals surface area contributed by atoms with Crippen molar-refractivity contribution in [1.82, 2.24) is 5.32 Å². The molecule has 3 rings (SSSR count). The molecule has 0 radical (unpaired) electrons. The summed E-state index contributed by atoms with van der Waals surface area (Å²) >= 11 is 0. The molecule has 9 heteroatoms. The van der Waals surface area contributed by atoms with Gasteiger partial charge in [-0.25, -0.2) is 8.42 Å². The largest absolute Gasteiger partial charge is 0.497 e. The molecule has 0 unspecified atom stereocenters. The molecular weight excluding hydrogens is 408 g/mol. The van der Waals surface area contributed by atoms with E-state index in [1.165, 1.54) is 32.4 Å². The fourth-order valence-corrected chi connectivity index (χ4v) is 4.67. The monoisotopic (exact) mass is 434 g/mol. The third-order valence-corrected chi connectivity index (χ3v) is 6.60. The zero-order valence-electron chi connectivity index (χ0n) is 17.0. The number of hydrogen-bond donors (Lipinski definition) is 1. The first-order chi connectivity index (χ1) is 14.5. The van der Waals surface area contributed by atoms with Gasteiger partial charge in [0.25, 0.3) is 10.0 Å². The lowest BCUT2D eigenvalue weighted by molar-refractivity contribution is -0.120. The second-order valence-corrected chi connectivity index (χ2v) is 8.66. The van der Waals surface area contributed by atoms with Gasteiger partial charge in [-0.15, -0.1) is 0 Å². The van der Waals surface area contributed by atoms with Crippen LogP contribution in [0.15, 0.2) is 53.4 Å². The topological polar surface area (TPSA) is 94.2 Å². The van der Waals surface area contributed by atoms with E-state index in [2.05, 4.69) is 5.32 Å². The summed E-state index contributed by atoms with van der Waals surface area (Å²) in [5.41, 5.74) is 0.216. The number of carbonyl (C=O) groups excluding carboxylic acids is 1. The number of methoxy groups -OCH3 is 2. The van der Waals surface area contributed by atoms with Gasteiger partial charge < -0.3 is 19.5 Å². The lowest BCUT2D eigenvalue weighted by Crippen LogP contribution is -2.43. The van der Waals surface area contributed by atoms with Gasteiger partial charge in [-0.3, -0.25) is 9.10 Å². The Kier molecular flexibility index (Phi) is 7.17. The summed E-state index contributed by atoms with van der Waals surface area (Å²) in [4.78, 5) is 12.7. The van der Waals surface area contributed by atoms with Gasteiger partial charge in [0.2, 0.25) is 5.91 Å². The van der Waals surface area contributed by atoms with Crippen molar-refractivity contribution in [3.05, 3.63) is 48.5 Å². The number of anilines is 1. The molecule has 30 heavy (non-hydrogen) atoms. The van der Waals surface area contributed by atoms with E-state index in [1.54, 1.807) is 30.3 Å². The fourth-order valence-electron chi connectivity index (χ4n) is 3.23. The first-order valence-electron chi connectivity index (χ1n) is 9.64. The van der Waals surface area contributed by atoms with Crippen molar-refractivity contribution in [1.29, 1.82) is 0 Å². The Bertz CT molecular complexity index is 959. The summed E-state index contributed by atoms with van der Waals surface area (Å²) in [5, 5.41) is 2.77. The highest BCUT2D eigenvalue weighted by atomic mass is 32.2. The molecule has 1 atom stereocenters. The third-order valence-electron chi connectivity index (χ3n) is 4.82. The minimum atomic E-state index is -4.04. The standard InChI is InChI=1S/C21H26N2O6S/c1-27-16-10-11-20(28-2)19(13-16)23(30(25,26)18-8-4-3-5-9-18)15-21(24)22-14-17-7-6-12-29-17/h3-5,8-11,13,17H,6-7,12,14-15H2,1-2H3,(H,22,24)/t17-/m0/s1. The Morgan fingerprint density at radius 3 is 2.57 bits per heavy atom. The third kappa shape index (κ3) is 5.03. The van der Waals surface area contributed by atoms with E-state index >= 15 is 0 Å².